The summed E-state index contributed by atoms with van der Waals surface area (Å²) < 4.78 is 26.5. The van der Waals surface area contributed by atoms with Crippen LogP contribution in [0.5, 0.6) is 0 Å². The number of aryl methyl sites for hydroxylation is 1. The Morgan fingerprint density at radius 2 is 1.50 bits per heavy atom. The number of aromatic nitrogens is 1. The quantitative estimate of drug-likeness (QED) is 0.585. The van der Waals surface area contributed by atoms with Crippen LogP contribution in [0, 0.1) is 11.6 Å². The van der Waals surface area contributed by atoms with E-state index in [1.807, 2.05) is 6.07 Å². The van der Waals surface area contributed by atoms with Crippen LogP contribution in [0.3, 0.4) is 0 Å². The molecule has 0 saturated heterocycles. The zero-order valence-corrected chi connectivity index (χ0v) is 15.0. The number of aromatic amines is 1. The molecule has 3 aromatic rings. The first-order valence-corrected chi connectivity index (χ1v) is 8.71. The summed E-state index contributed by atoms with van der Waals surface area (Å²) in [6, 6.07) is 13.9. The minimum absolute atomic E-state index is 0.155. The fraction of sp³-hybridized carbons (Fsp3) is 0.143. The first-order chi connectivity index (χ1) is 13.4. The van der Waals surface area contributed by atoms with Gasteiger partial charge in [0.25, 0.3) is 0 Å². The van der Waals surface area contributed by atoms with Crippen LogP contribution >= 0.6 is 0 Å². The van der Waals surface area contributed by atoms with E-state index in [9.17, 15) is 18.4 Å². The zero-order chi connectivity index (χ0) is 20.1. The summed E-state index contributed by atoms with van der Waals surface area (Å²) in [4.78, 5) is 26.0. The summed E-state index contributed by atoms with van der Waals surface area (Å²) in [6.07, 6.45) is 0.553. The Hall–Kier alpha value is -3.48. The summed E-state index contributed by atoms with van der Waals surface area (Å²) in [5.74, 6) is -1.59. The maximum Gasteiger partial charge on any atom is 0.236 e. The maximum atomic E-state index is 13.3. The van der Waals surface area contributed by atoms with Gasteiger partial charge in [-0.1, -0.05) is 0 Å². The lowest BCUT2D eigenvalue weighted by Crippen LogP contribution is -2.33. The van der Waals surface area contributed by atoms with E-state index in [2.05, 4.69) is 10.3 Å². The number of rotatable bonds is 7. The predicted octanol–water partition coefficient (Wildman–Crippen LogP) is 3.16. The van der Waals surface area contributed by atoms with E-state index in [-0.39, 0.29) is 30.5 Å². The third-order valence-electron chi connectivity index (χ3n) is 4.27. The number of nitrogens with two attached hydrogens (primary N) is 1. The normalized spacial score (nSPS) is 10.6. The molecule has 2 aromatic carbocycles. The molecule has 0 atom stereocenters. The molecule has 0 radical (unpaired) electrons. The van der Waals surface area contributed by atoms with Crippen molar-refractivity contribution in [3.63, 3.8) is 0 Å². The minimum atomic E-state index is -0.611. The van der Waals surface area contributed by atoms with Gasteiger partial charge in [0.15, 0.2) is 0 Å². The fourth-order valence-corrected chi connectivity index (χ4v) is 2.88. The van der Waals surface area contributed by atoms with Gasteiger partial charge < -0.3 is 16.0 Å². The molecule has 0 aliphatic carbocycles. The molecular weight excluding hydrogens is 364 g/mol. The van der Waals surface area contributed by atoms with Gasteiger partial charge in [0.1, 0.15) is 11.6 Å². The number of amides is 2. The Balaban J connectivity index is 1.87. The van der Waals surface area contributed by atoms with E-state index in [0.717, 1.165) is 28.1 Å². The van der Waals surface area contributed by atoms with Gasteiger partial charge in [-0.15, -0.1) is 0 Å². The van der Waals surface area contributed by atoms with E-state index < -0.39 is 5.91 Å². The summed E-state index contributed by atoms with van der Waals surface area (Å²) in [6.45, 7) is -0.211. The summed E-state index contributed by atoms with van der Waals surface area (Å²) in [5, 5.41) is 2.45. The Bertz CT molecular complexity index is 980. The molecule has 2 amide bonds. The molecule has 0 fully saturated rings. The van der Waals surface area contributed by atoms with Crippen LogP contribution in [-0.4, -0.2) is 23.3 Å². The molecule has 5 nitrogen and oxygen atoms in total. The van der Waals surface area contributed by atoms with Gasteiger partial charge in [0, 0.05) is 17.8 Å². The van der Waals surface area contributed by atoms with E-state index in [1.165, 1.54) is 24.3 Å². The van der Waals surface area contributed by atoms with E-state index >= 15 is 0 Å². The molecule has 4 N–H and O–H groups in total. The number of primary amides is 1. The standard InChI is InChI=1S/C21H19F2N3O2/c22-16-6-1-13(2-7-16)18-11-15(5-10-20(28)25-12-19(24)27)21(26-18)14-3-8-17(23)9-4-14/h1-4,6-9,11,26H,5,10,12H2,(H2,24,27)(H,25,28). The minimum Gasteiger partial charge on any atom is -0.368 e. The van der Waals surface area contributed by atoms with Crippen molar-refractivity contribution in [1.82, 2.24) is 10.3 Å². The summed E-state index contributed by atoms with van der Waals surface area (Å²) in [5.41, 5.74) is 8.93. The van der Waals surface area contributed by atoms with Crippen molar-refractivity contribution in [2.24, 2.45) is 5.73 Å². The molecule has 0 unspecified atom stereocenters. The molecule has 3 rings (SSSR count). The van der Waals surface area contributed by atoms with Gasteiger partial charge in [-0.25, -0.2) is 8.78 Å². The van der Waals surface area contributed by atoms with Crippen molar-refractivity contribution >= 4 is 11.8 Å². The first kappa shape index (κ1) is 19.3. The molecule has 0 spiro atoms. The van der Waals surface area contributed by atoms with Crippen molar-refractivity contribution in [1.29, 1.82) is 0 Å². The highest BCUT2D eigenvalue weighted by atomic mass is 19.1. The molecule has 144 valence electrons. The number of hydrogen-bond acceptors (Lipinski definition) is 2. The third-order valence-corrected chi connectivity index (χ3v) is 4.27. The van der Waals surface area contributed by atoms with Crippen LogP contribution in [0.4, 0.5) is 8.78 Å². The summed E-state index contributed by atoms with van der Waals surface area (Å²) in [7, 11) is 0. The smallest absolute Gasteiger partial charge is 0.236 e. The van der Waals surface area contributed by atoms with Crippen LogP contribution in [0.25, 0.3) is 22.5 Å². The van der Waals surface area contributed by atoms with Gasteiger partial charge in [0.05, 0.1) is 6.54 Å². The number of carbonyl (C=O) groups excluding carboxylic acids is 2. The second kappa shape index (κ2) is 8.47. The number of hydrogen-bond donors (Lipinski definition) is 3. The topological polar surface area (TPSA) is 88.0 Å². The lowest BCUT2D eigenvalue weighted by atomic mass is 10.0. The molecule has 1 aromatic heterocycles. The molecular formula is C21H19F2N3O2. The first-order valence-electron chi connectivity index (χ1n) is 8.71. The van der Waals surface area contributed by atoms with Crippen LogP contribution in [-0.2, 0) is 16.0 Å². The van der Waals surface area contributed by atoms with Crippen molar-refractivity contribution in [2.75, 3.05) is 6.54 Å². The van der Waals surface area contributed by atoms with Crippen LogP contribution in [0.2, 0.25) is 0 Å². The van der Waals surface area contributed by atoms with Gasteiger partial charge in [-0.3, -0.25) is 9.59 Å². The van der Waals surface area contributed by atoms with Crippen LogP contribution in [0.1, 0.15) is 12.0 Å². The molecule has 0 bridgehead atoms. The van der Waals surface area contributed by atoms with Crippen molar-refractivity contribution < 1.29 is 18.4 Å². The average molecular weight is 383 g/mol. The lowest BCUT2D eigenvalue weighted by Gasteiger charge is -2.05. The SMILES string of the molecule is NC(=O)CNC(=O)CCc1cc(-c2ccc(F)cc2)[nH]c1-c1ccc(F)cc1. The van der Waals surface area contributed by atoms with Crippen molar-refractivity contribution in [3.8, 4) is 22.5 Å². The highest BCUT2D eigenvalue weighted by Gasteiger charge is 2.14. The summed E-state index contributed by atoms with van der Waals surface area (Å²) >= 11 is 0. The molecule has 0 aliphatic rings. The van der Waals surface area contributed by atoms with Gasteiger partial charge in [-0.2, -0.15) is 0 Å². The maximum absolute atomic E-state index is 13.3. The van der Waals surface area contributed by atoms with Gasteiger partial charge in [-0.05, 0) is 77.7 Å². The Morgan fingerprint density at radius 1 is 0.929 bits per heavy atom. The number of nitrogens with one attached hydrogen (secondary N) is 2. The Morgan fingerprint density at radius 3 is 2.07 bits per heavy atom. The van der Waals surface area contributed by atoms with E-state index in [0.29, 0.717) is 6.42 Å². The predicted molar refractivity (Wildman–Crippen MR) is 102 cm³/mol. The number of benzene rings is 2. The van der Waals surface area contributed by atoms with Gasteiger partial charge >= 0.3 is 0 Å². The van der Waals surface area contributed by atoms with Gasteiger partial charge in [0.2, 0.25) is 11.8 Å². The molecule has 7 heteroatoms. The van der Waals surface area contributed by atoms with Crippen molar-refractivity contribution in [2.45, 2.75) is 12.8 Å². The molecule has 0 aliphatic heterocycles. The number of H-pyrrole nitrogens is 1. The largest absolute Gasteiger partial charge is 0.368 e. The van der Waals surface area contributed by atoms with Crippen LogP contribution < -0.4 is 11.1 Å². The Labute approximate surface area is 160 Å². The lowest BCUT2D eigenvalue weighted by molar-refractivity contribution is -0.124. The molecule has 0 saturated carbocycles. The zero-order valence-electron chi connectivity index (χ0n) is 15.0. The van der Waals surface area contributed by atoms with E-state index in [4.69, 9.17) is 5.73 Å². The third kappa shape index (κ3) is 4.82. The monoisotopic (exact) mass is 383 g/mol. The van der Waals surface area contributed by atoms with Crippen LogP contribution in [0.15, 0.2) is 54.6 Å². The number of halogens is 2. The highest BCUT2D eigenvalue weighted by Crippen LogP contribution is 2.30. The number of carbonyl (C=O) groups is 2. The second-order valence-electron chi connectivity index (χ2n) is 6.34. The highest BCUT2D eigenvalue weighted by molar-refractivity contribution is 5.84. The molecule has 28 heavy (non-hydrogen) atoms. The second-order valence-corrected chi connectivity index (χ2v) is 6.34. The Kier molecular flexibility index (Phi) is 5.84. The fourth-order valence-electron chi connectivity index (χ4n) is 2.88. The van der Waals surface area contributed by atoms with Crippen molar-refractivity contribution in [3.05, 3.63) is 71.8 Å². The van der Waals surface area contributed by atoms with E-state index in [1.54, 1.807) is 24.3 Å². The average Bonchev–Trinajstić information content (AvgIpc) is 3.10. The molecule has 1 heterocycles.